The number of aromatic nitrogens is 2. The number of amides is 2. The molecule has 0 saturated heterocycles. The number of nitrogens with one attached hydrogen (secondary N) is 1. The van der Waals surface area contributed by atoms with Crippen LogP contribution in [0.15, 0.2) is 67.0 Å². The topological polar surface area (TPSA) is 53.4 Å². The Morgan fingerprint density at radius 2 is 1.70 bits per heavy atom. The molecule has 1 aromatic heterocycles. The van der Waals surface area contributed by atoms with Gasteiger partial charge in [-0.05, 0) is 29.8 Å². The van der Waals surface area contributed by atoms with Crippen molar-refractivity contribution in [3.63, 3.8) is 0 Å². The van der Waals surface area contributed by atoms with Crippen LogP contribution in [0.3, 0.4) is 0 Å². The molecular formula is C21H25N5O. The minimum Gasteiger partial charge on any atom is -0.378 e. The number of carbonyl (C=O) groups is 1. The van der Waals surface area contributed by atoms with Crippen molar-refractivity contribution in [2.24, 2.45) is 0 Å². The average molecular weight is 363 g/mol. The molecule has 0 unspecified atom stereocenters. The summed E-state index contributed by atoms with van der Waals surface area (Å²) in [7, 11) is 5.79. The molecule has 27 heavy (non-hydrogen) atoms. The molecule has 6 heteroatoms. The van der Waals surface area contributed by atoms with Crippen molar-refractivity contribution in [2.75, 3.05) is 26.0 Å². The van der Waals surface area contributed by atoms with Gasteiger partial charge in [0.15, 0.2) is 0 Å². The third-order valence-electron chi connectivity index (χ3n) is 4.32. The van der Waals surface area contributed by atoms with E-state index in [0.717, 1.165) is 22.5 Å². The molecule has 6 nitrogen and oxygen atoms in total. The Bertz CT molecular complexity index is 871. The zero-order chi connectivity index (χ0) is 19.2. The summed E-state index contributed by atoms with van der Waals surface area (Å²) in [5.41, 5.74) is 4.18. The van der Waals surface area contributed by atoms with Gasteiger partial charge in [-0.1, -0.05) is 30.3 Å². The molecule has 2 aromatic carbocycles. The molecule has 1 heterocycles. The number of hydrogen-bond acceptors (Lipinski definition) is 3. The number of para-hydroxylation sites is 1. The zero-order valence-corrected chi connectivity index (χ0v) is 16.0. The van der Waals surface area contributed by atoms with Crippen LogP contribution in [0.2, 0.25) is 0 Å². The van der Waals surface area contributed by atoms with Crippen molar-refractivity contribution in [3.8, 4) is 5.69 Å². The quantitative estimate of drug-likeness (QED) is 0.731. The monoisotopic (exact) mass is 363 g/mol. The second kappa shape index (κ2) is 8.40. The molecule has 0 spiro atoms. The van der Waals surface area contributed by atoms with E-state index < -0.39 is 0 Å². The van der Waals surface area contributed by atoms with Gasteiger partial charge in [0, 0.05) is 45.1 Å². The number of anilines is 1. The fourth-order valence-electron chi connectivity index (χ4n) is 2.73. The Kier molecular flexibility index (Phi) is 5.76. The van der Waals surface area contributed by atoms with Crippen molar-refractivity contribution in [1.82, 2.24) is 20.0 Å². The maximum atomic E-state index is 12.4. The molecule has 0 saturated carbocycles. The van der Waals surface area contributed by atoms with Crippen molar-refractivity contribution in [3.05, 3.63) is 78.1 Å². The van der Waals surface area contributed by atoms with Gasteiger partial charge in [-0.2, -0.15) is 5.10 Å². The van der Waals surface area contributed by atoms with Gasteiger partial charge >= 0.3 is 6.03 Å². The van der Waals surface area contributed by atoms with Crippen molar-refractivity contribution in [1.29, 1.82) is 0 Å². The standard InChI is InChI=1S/C21H25N5O/c1-24(2)19-11-9-17(10-12-19)13-22-21(27)25(3)15-18-14-23-26(16-18)20-7-5-4-6-8-20/h4-12,14,16H,13,15H2,1-3H3,(H,22,27). The van der Waals surface area contributed by atoms with Crippen LogP contribution in [-0.4, -0.2) is 41.9 Å². The molecule has 0 fully saturated rings. The number of rotatable bonds is 6. The van der Waals surface area contributed by atoms with E-state index in [1.807, 2.05) is 84.5 Å². The molecule has 0 atom stereocenters. The Labute approximate surface area is 160 Å². The first-order valence-electron chi connectivity index (χ1n) is 8.87. The summed E-state index contributed by atoms with van der Waals surface area (Å²) in [5, 5.41) is 7.32. The molecule has 0 aliphatic carbocycles. The second-order valence-corrected chi connectivity index (χ2v) is 6.70. The summed E-state index contributed by atoms with van der Waals surface area (Å²) in [4.78, 5) is 16.1. The molecule has 0 aliphatic rings. The van der Waals surface area contributed by atoms with E-state index in [-0.39, 0.29) is 6.03 Å². The van der Waals surface area contributed by atoms with Crippen LogP contribution in [0.5, 0.6) is 0 Å². The van der Waals surface area contributed by atoms with Crippen molar-refractivity contribution < 1.29 is 4.79 Å². The highest BCUT2D eigenvalue weighted by Gasteiger charge is 2.10. The summed E-state index contributed by atoms with van der Waals surface area (Å²) in [6, 6.07) is 17.9. The summed E-state index contributed by atoms with van der Waals surface area (Å²) < 4.78 is 1.81. The smallest absolute Gasteiger partial charge is 0.317 e. The highest BCUT2D eigenvalue weighted by atomic mass is 16.2. The largest absolute Gasteiger partial charge is 0.378 e. The first kappa shape index (κ1) is 18.5. The first-order chi connectivity index (χ1) is 13.0. The molecule has 3 aromatic rings. The minimum atomic E-state index is -0.112. The third-order valence-corrected chi connectivity index (χ3v) is 4.32. The summed E-state index contributed by atoms with van der Waals surface area (Å²) in [6.07, 6.45) is 3.73. The van der Waals surface area contributed by atoms with Crippen LogP contribution in [-0.2, 0) is 13.1 Å². The Balaban J connectivity index is 1.52. The third kappa shape index (κ3) is 4.88. The second-order valence-electron chi connectivity index (χ2n) is 6.70. The fraction of sp³-hybridized carbons (Fsp3) is 0.238. The Morgan fingerprint density at radius 3 is 2.37 bits per heavy atom. The lowest BCUT2D eigenvalue weighted by Crippen LogP contribution is -2.36. The van der Waals surface area contributed by atoms with Gasteiger partial charge in [0.25, 0.3) is 0 Å². The highest BCUT2D eigenvalue weighted by Crippen LogP contribution is 2.12. The van der Waals surface area contributed by atoms with E-state index in [2.05, 4.69) is 10.4 Å². The molecule has 3 rings (SSSR count). The van der Waals surface area contributed by atoms with Crippen LogP contribution in [0, 0.1) is 0 Å². The van der Waals surface area contributed by atoms with Gasteiger partial charge in [-0.25, -0.2) is 9.48 Å². The van der Waals surface area contributed by atoms with Crippen LogP contribution in [0.4, 0.5) is 10.5 Å². The molecule has 0 bridgehead atoms. The summed E-state index contributed by atoms with van der Waals surface area (Å²) >= 11 is 0. The number of nitrogens with zero attached hydrogens (tertiary/aromatic N) is 4. The van der Waals surface area contributed by atoms with E-state index in [0.29, 0.717) is 13.1 Å². The molecular weight excluding hydrogens is 338 g/mol. The van der Waals surface area contributed by atoms with Crippen LogP contribution in [0.1, 0.15) is 11.1 Å². The molecule has 0 radical (unpaired) electrons. The number of benzene rings is 2. The number of urea groups is 1. The molecule has 0 aliphatic heterocycles. The lowest BCUT2D eigenvalue weighted by Gasteiger charge is -2.17. The lowest BCUT2D eigenvalue weighted by molar-refractivity contribution is 0.206. The summed E-state index contributed by atoms with van der Waals surface area (Å²) in [5.74, 6) is 0. The van der Waals surface area contributed by atoms with E-state index in [1.165, 1.54) is 0 Å². The Morgan fingerprint density at radius 1 is 1.00 bits per heavy atom. The Hall–Kier alpha value is -3.28. The van der Waals surface area contributed by atoms with Crippen molar-refractivity contribution >= 4 is 11.7 Å². The predicted molar refractivity (Wildman–Crippen MR) is 108 cm³/mol. The minimum absolute atomic E-state index is 0.112. The number of carbonyl (C=O) groups excluding carboxylic acids is 1. The van der Waals surface area contributed by atoms with E-state index >= 15 is 0 Å². The van der Waals surface area contributed by atoms with Gasteiger partial charge in [-0.15, -0.1) is 0 Å². The average Bonchev–Trinajstić information content (AvgIpc) is 3.15. The van der Waals surface area contributed by atoms with Crippen LogP contribution in [0.25, 0.3) is 5.69 Å². The molecule has 140 valence electrons. The zero-order valence-electron chi connectivity index (χ0n) is 16.0. The van der Waals surface area contributed by atoms with Gasteiger partial charge in [-0.3, -0.25) is 0 Å². The fourth-order valence-corrected chi connectivity index (χ4v) is 2.73. The first-order valence-corrected chi connectivity index (χ1v) is 8.87. The SMILES string of the molecule is CN(Cc1cnn(-c2ccccc2)c1)C(=O)NCc1ccc(N(C)C)cc1. The van der Waals surface area contributed by atoms with Gasteiger partial charge in [0.05, 0.1) is 18.4 Å². The maximum Gasteiger partial charge on any atom is 0.317 e. The highest BCUT2D eigenvalue weighted by molar-refractivity contribution is 5.73. The summed E-state index contributed by atoms with van der Waals surface area (Å²) in [6.45, 7) is 0.998. The number of hydrogen-bond donors (Lipinski definition) is 1. The van der Waals surface area contributed by atoms with E-state index in [4.69, 9.17) is 0 Å². The van der Waals surface area contributed by atoms with Crippen molar-refractivity contribution in [2.45, 2.75) is 13.1 Å². The maximum absolute atomic E-state index is 12.4. The molecule has 1 N–H and O–H groups in total. The lowest BCUT2D eigenvalue weighted by atomic mass is 10.2. The van der Waals surface area contributed by atoms with Gasteiger partial charge in [0.2, 0.25) is 0 Å². The van der Waals surface area contributed by atoms with Gasteiger partial charge < -0.3 is 15.1 Å². The van der Waals surface area contributed by atoms with E-state index in [9.17, 15) is 4.79 Å². The molecule has 2 amide bonds. The normalized spacial score (nSPS) is 10.5. The van der Waals surface area contributed by atoms with Crippen LogP contribution < -0.4 is 10.2 Å². The van der Waals surface area contributed by atoms with Gasteiger partial charge in [0.1, 0.15) is 0 Å². The van der Waals surface area contributed by atoms with Crippen LogP contribution >= 0.6 is 0 Å². The van der Waals surface area contributed by atoms with E-state index in [1.54, 1.807) is 18.1 Å². The predicted octanol–water partition coefficient (Wildman–Crippen LogP) is 3.28.